The predicted molar refractivity (Wildman–Crippen MR) is 164 cm³/mol. The minimum atomic E-state index is -2.70. The summed E-state index contributed by atoms with van der Waals surface area (Å²) in [6.07, 6.45) is 0.110. The molecule has 0 heterocycles. The van der Waals surface area contributed by atoms with E-state index in [4.69, 9.17) is 5.73 Å². The molecule has 0 spiro atoms. The Morgan fingerprint density at radius 3 is 2.29 bits per heavy atom. The average Bonchev–Trinajstić information content (AvgIpc) is 2.94. The second-order valence-corrected chi connectivity index (χ2v) is 12.1. The molecule has 0 saturated heterocycles. The third-order valence-electron chi connectivity index (χ3n) is 8.57. The van der Waals surface area contributed by atoms with Crippen LogP contribution < -0.4 is 11.1 Å². The minimum absolute atomic E-state index is 0.0186. The number of nitrogens with one attached hydrogen (secondary N) is 1. The predicted octanol–water partition coefficient (Wildman–Crippen LogP) is 0.864. The number of ketones is 2. The Bertz CT molecular complexity index is 1760. The van der Waals surface area contributed by atoms with Crippen molar-refractivity contribution in [3.05, 3.63) is 75.6 Å². The van der Waals surface area contributed by atoms with Crippen molar-refractivity contribution in [2.75, 3.05) is 40.1 Å². The summed E-state index contributed by atoms with van der Waals surface area (Å²) >= 11 is 0. The lowest BCUT2D eigenvalue weighted by Crippen LogP contribution is -2.65. The summed E-state index contributed by atoms with van der Waals surface area (Å²) in [7, 11) is 6.68. The van der Waals surface area contributed by atoms with E-state index in [1.54, 1.807) is 63.4 Å². The van der Waals surface area contributed by atoms with Gasteiger partial charge in [-0.25, -0.2) is 0 Å². The van der Waals surface area contributed by atoms with Crippen LogP contribution in [0.5, 0.6) is 5.75 Å². The number of hydrogen-bond acceptors (Lipinski definition) is 10. The van der Waals surface area contributed by atoms with E-state index in [-0.39, 0.29) is 42.2 Å². The van der Waals surface area contributed by atoms with Crippen LogP contribution in [0, 0.1) is 23.7 Å². The Labute approximate surface area is 259 Å². The molecule has 3 aliphatic rings. The Balaban J connectivity index is 1.54. The van der Waals surface area contributed by atoms with Gasteiger partial charge in [0.15, 0.2) is 11.4 Å². The summed E-state index contributed by atoms with van der Waals surface area (Å²) in [4.78, 5) is 54.6. The SMILES string of the molecule is CN(C)CC(=O)Nc1ccc(C#Cc2ccc(O)c3c2C[C@@H]2C[C@@H]4[C@@H](N(C)C)C(=O)C(C(N)=O)=C(O)[C@]4(O)C(=O)C2=C3O)cc1. The van der Waals surface area contributed by atoms with Gasteiger partial charge in [-0.3, -0.25) is 24.1 Å². The molecule has 12 heteroatoms. The third-order valence-corrected chi connectivity index (χ3v) is 8.57. The normalized spacial score (nSPS) is 24.1. The highest BCUT2D eigenvalue weighted by Gasteiger charge is 2.64. The van der Waals surface area contributed by atoms with Crippen LogP contribution in [0.15, 0.2) is 53.3 Å². The van der Waals surface area contributed by atoms with Crippen molar-refractivity contribution in [2.24, 2.45) is 17.6 Å². The number of phenolic OH excluding ortho intramolecular Hbond substituents is 1. The molecule has 12 nitrogen and oxygen atoms in total. The molecule has 7 N–H and O–H groups in total. The Kier molecular flexibility index (Phi) is 8.05. The van der Waals surface area contributed by atoms with Gasteiger partial charge in [0, 0.05) is 28.3 Å². The molecular formula is C33H34N4O8. The molecule has 2 aromatic rings. The van der Waals surface area contributed by atoms with E-state index in [0.29, 0.717) is 22.4 Å². The van der Waals surface area contributed by atoms with Crippen molar-refractivity contribution in [1.82, 2.24) is 9.80 Å². The van der Waals surface area contributed by atoms with Gasteiger partial charge in [-0.05, 0) is 88.9 Å². The fourth-order valence-electron chi connectivity index (χ4n) is 6.63. The fraction of sp³-hybridized carbons (Fsp3) is 0.333. The van der Waals surface area contributed by atoms with Crippen molar-refractivity contribution >= 4 is 34.8 Å². The van der Waals surface area contributed by atoms with Crippen LogP contribution >= 0.6 is 0 Å². The maximum absolute atomic E-state index is 14.0. The molecule has 45 heavy (non-hydrogen) atoms. The highest BCUT2D eigenvalue weighted by Crippen LogP contribution is 2.52. The van der Waals surface area contributed by atoms with Crippen molar-refractivity contribution in [2.45, 2.75) is 24.5 Å². The summed E-state index contributed by atoms with van der Waals surface area (Å²) in [5, 5.41) is 47.6. The van der Waals surface area contributed by atoms with Gasteiger partial charge in [-0.15, -0.1) is 0 Å². The van der Waals surface area contributed by atoms with Gasteiger partial charge in [0.05, 0.1) is 18.2 Å². The summed E-state index contributed by atoms with van der Waals surface area (Å²) < 4.78 is 0. The lowest BCUT2D eigenvalue weighted by Gasteiger charge is -2.50. The number of primary amides is 1. The number of phenols is 1. The zero-order valence-electron chi connectivity index (χ0n) is 25.2. The number of carbonyl (C=O) groups excluding carboxylic acids is 4. The first kappa shape index (κ1) is 31.5. The number of Topliss-reactive ketones (excluding diaryl/α,β-unsaturated/α-hetero) is 2. The number of nitrogens with zero attached hydrogens (tertiary/aromatic N) is 2. The van der Waals surface area contributed by atoms with Gasteiger partial charge in [0.2, 0.25) is 11.7 Å². The molecule has 2 amide bonds. The lowest BCUT2D eigenvalue weighted by atomic mass is 9.57. The zero-order chi connectivity index (χ0) is 33.0. The molecule has 0 aliphatic heterocycles. The van der Waals surface area contributed by atoms with Crippen molar-refractivity contribution < 1.29 is 39.6 Å². The van der Waals surface area contributed by atoms with Crippen LogP contribution in [-0.4, -0.2) is 100.0 Å². The zero-order valence-corrected chi connectivity index (χ0v) is 25.2. The number of anilines is 1. The Morgan fingerprint density at radius 2 is 1.69 bits per heavy atom. The van der Waals surface area contributed by atoms with E-state index in [0.717, 1.165) is 0 Å². The first-order chi connectivity index (χ1) is 21.2. The molecular weight excluding hydrogens is 580 g/mol. The van der Waals surface area contributed by atoms with Gasteiger partial charge in [0.1, 0.15) is 22.8 Å². The molecule has 5 rings (SSSR count). The van der Waals surface area contributed by atoms with Gasteiger partial charge >= 0.3 is 0 Å². The molecule has 234 valence electrons. The summed E-state index contributed by atoms with van der Waals surface area (Å²) in [5.74, 6) is -1.12. The van der Waals surface area contributed by atoms with Crippen molar-refractivity contribution in [3.63, 3.8) is 0 Å². The Morgan fingerprint density at radius 1 is 1.02 bits per heavy atom. The molecule has 0 unspecified atom stereocenters. The van der Waals surface area contributed by atoms with Gasteiger partial charge in [0.25, 0.3) is 5.91 Å². The van der Waals surface area contributed by atoms with Crippen molar-refractivity contribution in [1.29, 1.82) is 0 Å². The number of aliphatic hydroxyl groups excluding tert-OH is 2. The van der Waals surface area contributed by atoms with E-state index in [9.17, 15) is 39.6 Å². The third kappa shape index (κ3) is 5.25. The second kappa shape index (κ2) is 11.5. The van der Waals surface area contributed by atoms with Crippen LogP contribution in [0.2, 0.25) is 0 Å². The molecule has 1 saturated carbocycles. The number of aromatic hydroxyl groups is 1. The van der Waals surface area contributed by atoms with E-state index >= 15 is 0 Å². The number of nitrogens with two attached hydrogens (primary N) is 1. The summed E-state index contributed by atoms with van der Waals surface area (Å²) in [5.41, 5.74) is 3.75. The molecule has 1 fully saturated rings. The maximum atomic E-state index is 14.0. The van der Waals surface area contributed by atoms with Crippen LogP contribution in [0.4, 0.5) is 5.69 Å². The molecule has 3 aliphatic carbocycles. The number of carbonyl (C=O) groups is 4. The monoisotopic (exact) mass is 614 g/mol. The molecule has 4 atom stereocenters. The second-order valence-electron chi connectivity index (χ2n) is 12.1. The minimum Gasteiger partial charge on any atom is -0.508 e. The number of aliphatic hydroxyl groups is 3. The number of fused-ring (bicyclic) bond motifs is 3. The average molecular weight is 615 g/mol. The number of likely N-dealkylation sites (N-methyl/N-ethyl adjacent to an activating group) is 2. The van der Waals surface area contributed by atoms with Crippen LogP contribution in [0.25, 0.3) is 5.76 Å². The molecule has 0 bridgehead atoms. The largest absolute Gasteiger partial charge is 0.508 e. The van der Waals surface area contributed by atoms with Crippen LogP contribution in [-0.2, 0) is 25.6 Å². The van der Waals surface area contributed by atoms with Gasteiger partial charge in [-0.1, -0.05) is 11.8 Å². The van der Waals surface area contributed by atoms with Crippen LogP contribution in [0.1, 0.15) is 28.7 Å². The number of rotatable bonds is 5. The first-order valence-corrected chi connectivity index (χ1v) is 14.2. The van der Waals surface area contributed by atoms with Gasteiger partial charge in [-0.2, -0.15) is 0 Å². The number of benzene rings is 2. The smallest absolute Gasteiger partial charge is 0.255 e. The number of amides is 2. The van der Waals surface area contributed by atoms with Gasteiger partial charge < -0.3 is 36.4 Å². The molecule has 0 radical (unpaired) electrons. The molecule has 0 aromatic heterocycles. The maximum Gasteiger partial charge on any atom is 0.255 e. The highest BCUT2D eigenvalue weighted by atomic mass is 16.3. The standard InChI is InChI=1S/C33H34N4O8/c1-36(2)15-23(39)35-19-10-6-16(7-11-19)5-8-17-9-12-22(38)25-20(17)13-18-14-21-27(37(3)4)29(41)26(32(34)44)31(43)33(21,45)30(42)24(18)28(25)40/h6-7,9-12,18,21,27,38,40,43,45H,13-15H2,1-4H3,(H2,34,44)(H,35,39)/t18-,21-,27-,33-/m1/s1. The topological polar surface area (TPSA) is 194 Å². The Hall–Kier alpha value is -4.96. The van der Waals surface area contributed by atoms with E-state index in [1.807, 2.05) is 0 Å². The summed E-state index contributed by atoms with van der Waals surface area (Å²) in [6.45, 7) is 0.238. The van der Waals surface area contributed by atoms with Crippen LogP contribution in [0.3, 0.4) is 0 Å². The van der Waals surface area contributed by atoms with E-state index in [1.165, 1.54) is 11.0 Å². The quantitative estimate of drug-likeness (QED) is 0.208. The van der Waals surface area contributed by atoms with Crippen molar-refractivity contribution in [3.8, 4) is 17.6 Å². The van der Waals surface area contributed by atoms with E-state index < -0.39 is 58.0 Å². The number of hydrogen-bond donors (Lipinski definition) is 6. The highest BCUT2D eigenvalue weighted by molar-refractivity contribution is 6.24. The lowest BCUT2D eigenvalue weighted by molar-refractivity contribution is -0.153. The molecule has 2 aromatic carbocycles. The fourth-order valence-corrected chi connectivity index (χ4v) is 6.63. The van der Waals surface area contributed by atoms with E-state index in [2.05, 4.69) is 17.2 Å². The first-order valence-electron chi connectivity index (χ1n) is 14.2. The summed E-state index contributed by atoms with van der Waals surface area (Å²) in [6, 6.07) is 8.68.